The highest BCUT2D eigenvalue weighted by molar-refractivity contribution is 7.99. The minimum atomic E-state index is -0.395. The highest BCUT2D eigenvalue weighted by Gasteiger charge is 2.35. The van der Waals surface area contributed by atoms with Crippen LogP contribution in [0, 0.1) is 5.92 Å². The van der Waals surface area contributed by atoms with Gasteiger partial charge in [0.05, 0.1) is 31.2 Å². The maximum Gasteiger partial charge on any atom is 0.227 e. The van der Waals surface area contributed by atoms with E-state index in [2.05, 4.69) is 22.2 Å². The molecule has 1 unspecified atom stereocenters. The number of nitrogens with zero attached hydrogens (tertiary/aromatic N) is 6. The third kappa shape index (κ3) is 5.51. The number of carbonyl (C=O) groups is 2. The molecular weight excluding hydrogens is 490 g/mol. The number of amides is 2. The lowest BCUT2D eigenvalue weighted by atomic mass is 10.1. The van der Waals surface area contributed by atoms with Crippen molar-refractivity contribution in [3.05, 3.63) is 30.5 Å². The maximum atomic E-state index is 12.9. The predicted molar refractivity (Wildman–Crippen MR) is 144 cm³/mol. The summed E-state index contributed by atoms with van der Waals surface area (Å²) in [6, 6.07) is 7.34. The zero-order chi connectivity index (χ0) is 25.8. The van der Waals surface area contributed by atoms with Crippen LogP contribution in [0.15, 0.2) is 35.6 Å². The van der Waals surface area contributed by atoms with Gasteiger partial charge in [-0.15, -0.1) is 0 Å². The fourth-order valence-corrected chi connectivity index (χ4v) is 5.53. The van der Waals surface area contributed by atoms with Gasteiger partial charge in [-0.05, 0) is 37.1 Å². The minimum Gasteiger partial charge on any atom is -0.497 e. The average Bonchev–Trinajstić information content (AvgIpc) is 3.52. The fourth-order valence-electron chi connectivity index (χ4n) is 4.97. The zero-order valence-electron chi connectivity index (χ0n) is 21.4. The topological polar surface area (TPSA) is 105 Å². The SMILES string of the molecule is CCSc1nc(N2CCCCC2)c2cnn(CCNC(=O)C3CC(=O)N(c4cccc(OC)c4)C3)c2n1. The van der Waals surface area contributed by atoms with Crippen LogP contribution >= 0.6 is 11.8 Å². The Kier molecular flexibility index (Phi) is 7.78. The van der Waals surface area contributed by atoms with Crippen LogP contribution < -0.4 is 19.9 Å². The number of nitrogens with one attached hydrogen (secondary N) is 1. The number of benzene rings is 1. The summed E-state index contributed by atoms with van der Waals surface area (Å²) in [5.74, 6) is 1.95. The molecule has 4 heterocycles. The molecule has 2 saturated heterocycles. The van der Waals surface area contributed by atoms with Crippen LogP contribution in [0.1, 0.15) is 32.6 Å². The second-order valence-electron chi connectivity index (χ2n) is 9.31. The number of rotatable bonds is 9. The maximum absolute atomic E-state index is 12.9. The van der Waals surface area contributed by atoms with Crippen molar-refractivity contribution in [3.63, 3.8) is 0 Å². The molecule has 196 valence electrons. The van der Waals surface area contributed by atoms with Crippen molar-refractivity contribution in [1.29, 1.82) is 0 Å². The van der Waals surface area contributed by atoms with Crippen molar-refractivity contribution in [2.45, 2.75) is 44.3 Å². The van der Waals surface area contributed by atoms with E-state index >= 15 is 0 Å². The smallest absolute Gasteiger partial charge is 0.227 e. The first-order chi connectivity index (χ1) is 18.1. The van der Waals surface area contributed by atoms with Crippen molar-refractivity contribution < 1.29 is 14.3 Å². The van der Waals surface area contributed by atoms with E-state index in [1.165, 1.54) is 19.3 Å². The molecule has 10 nitrogen and oxygen atoms in total. The van der Waals surface area contributed by atoms with Gasteiger partial charge in [0.15, 0.2) is 10.8 Å². The van der Waals surface area contributed by atoms with Crippen molar-refractivity contribution >= 4 is 46.1 Å². The standard InChI is InChI=1S/C26H33N7O3S/c1-3-37-26-29-23(31-11-5-4-6-12-31)21-16-28-33(24(21)30-26)13-10-27-25(35)18-14-22(34)32(17-18)19-8-7-9-20(15-19)36-2/h7-9,15-16,18H,3-6,10-14,17H2,1-2H3,(H,27,35). The van der Waals surface area contributed by atoms with Crippen molar-refractivity contribution in [3.8, 4) is 5.75 Å². The number of methoxy groups -OCH3 is 1. The third-order valence-corrected chi connectivity index (χ3v) is 7.60. The Morgan fingerprint density at radius 2 is 2.05 bits per heavy atom. The Balaban J connectivity index is 1.24. The van der Waals surface area contributed by atoms with E-state index in [0.717, 1.165) is 46.5 Å². The lowest BCUT2D eigenvalue weighted by molar-refractivity contribution is -0.126. The molecule has 2 aliphatic rings. The highest BCUT2D eigenvalue weighted by Crippen LogP contribution is 2.30. The number of fused-ring (bicyclic) bond motifs is 1. The fraction of sp³-hybridized carbons (Fsp3) is 0.500. The van der Waals surface area contributed by atoms with Gasteiger partial charge < -0.3 is 19.9 Å². The van der Waals surface area contributed by atoms with E-state index < -0.39 is 5.92 Å². The molecule has 2 amide bonds. The van der Waals surface area contributed by atoms with Gasteiger partial charge in [-0.25, -0.2) is 14.6 Å². The third-order valence-electron chi connectivity index (χ3n) is 6.87. The van der Waals surface area contributed by atoms with Crippen LogP contribution in [0.5, 0.6) is 5.75 Å². The molecule has 1 N–H and O–H groups in total. The average molecular weight is 524 g/mol. The number of thioether (sulfide) groups is 1. The monoisotopic (exact) mass is 523 g/mol. The molecule has 0 bridgehead atoms. The zero-order valence-corrected chi connectivity index (χ0v) is 22.2. The van der Waals surface area contributed by atoms with Crippen LogP contribution in [0.25, 0.3) is 11.0 Å². The van der Waals surface area contributed by atoms with Crippen molar-refractivity contribution in [1.82, 2.24) is 25.1 Å². The molecule has 1 aromatic carbocycles. The predicted octanol–water partition coefficient (Wildman–Crippen LogP) is 3.11. The van der Waals surface area contributed by atoms with Gasteiger partial charge in [0.2, 0.25) is 11.8 Å². The Morgan fingerprint density at radius 1 is 1.22 bits per heavy atom. The summed E-state index contributed by atoms with van der Waals surface area (Å²) in [6.45, 7) is 5.33. The molecule has 11 heteroatoms. The van der Waals surface area contributed by atoms with E-state index in [4.69, 9.17) is 14.7 Å². The first-order valence-corrected chi connectivity index (χ1v) is 13.9. The molecule has 37 heavy (non-hydrogen) atoms. The van der Waals surface area contributed by atoms with E-state index in [1.807, 2.05) is 35.1 Å². The Morgan fingerprint density at radius 3 is 2.84 bits per heavy atom. The second-order valence-corrected chi connectivity index (χ2v) is 10.5. The molecule has 5 rings (SSSR count). The molecular formula is C26H33N7O3S. The number of hydrogen-bond acceptors (Lipinski definition) is 8. The molecule has 2 fully saturated rings. The van der Waals surface area contributed by atoms with Gasteiger partial charge in [-0.1, -0.05) is 24.8 Å². The number of hydrogen-bond donors (Lipinski definition) is 1. The number of piperidine rings is 1. The highest BCUT2D eigenvalue weighted by atomic mass is 32.2. The van der Waals surface area contributed by atoms with Gasteiger partial charge in [0, 0.05) is 44.4 Å². The second kappa shape index (κ2) is 11.4. The van der Waals surface area contributed by atoms with Crippen LogP contribution in [-0.2, 0) is 16.1 Å². The summed E-state index contributed by atoms with van der Waals surface area (Å²) in [4.78, 5) is 39.1. The molecule has 2 aromatic heterocycles. The number of carbonyl (C=O) groups excluding carboxylic acids is 2. The van der Waals surface area contributed by atoms with Gasteiger partial charge >= 0.3 is 0 Å². The van der Waals surface area contributed by atoms with Gasteiger partial charge in [-0.3, -0.25) is 9.59 Å². The molecule has 0 radical (unpaired) electrons. The molecule has 0 aliphatic carbocycles. The Labute approximate surface area is 220 Å². The number of aromatic nitrogens is 4. The minimum absolute atomic E-state index is 0.0608. The lowest BCUT2D eigenvalue weighted by Gasteiger charge is -2.28. The first kappa shape index (κ1) is 25.3. The van der Waals surface area contributed by atoms with E-state index in [1.54, 1.807) is 23.8 Å². The number of ether oxygens (including phenoxy) is 1. The van der Waals surface area contributed by atoms with Crippen LogP contribution in [0.3, 0.4) is 0 Å². The molecule has 1 atom stereocenters. The summed E-state index contributed by atoms with van der Waals surface area (Å²) in [7, 11) is 1.59. The van der Waals surface area contributed by atoms with Crippen molar-refractivity contribution in [2.24, 2.45) is 5.92 Å². The van der Waals surface area contributed by atoms with E-state index in [9.17, 15) is 9.59 Å². The van der Waals surface area contributed by atoms with Gasteiger partial charge in [0.1, 0.15) is 11.6 Å². The van der Waals surface area contributed by atoms with Crippen molar-refractivity contribution in [2.75, 3.05) is 48.8 Å². The number of anilines is 2. The molecule has 0 saturated carbocycles. The van der Waals surface area contributed by atoms with Crippen LogP contribution in [-0.4, -0.2) is 70.6 Å². The lowest BCUT2D eigenvalue weighted by Crippen LogP contribution is -2.35. The summed E-state index contributed by atoms with van der Waals surface area (Å²) in [5.41, 5.74) is 1.54. The summed E-state index contributed by atoms with van der Waals surface area (Å²) < 4.78 is 7.11. The largest absolute Gasteiger partial charge is 0.497 e. The summed E-state index contributed by atoms with van der Waals surface area (Å²) >= 11 is 1.62. The van der Waals surface area contributed by atoms with Crippen LogP contribution in [0.4, 0.5) is 11.5 Å². The Hall–Kier alpha value is -3.34. The normalized spacial score (nSPS) is 18.0. The molecule has 0 spiro atoms. The summed E-state index contributed by atoms with van der Waals surface area (Å²) in [6.07, 6.45) is 5.62. The van der Waals surface area contributed by atoms with Gasteiger partial charge in [-0.2, -0.15) is 5.10 Å². The van der Waals surface area contributed by atoms with E-state index in [0.29, 0.717) is 25.4 Å². The molecule has 3 aromatic rings. The first-order valence-electron chi connectivity index (χ1n) is 12.9. The van der Waals surface area contributed by atoms with Crippen LogP contribution in [0.2, 0.25) is 0 Å². The van der Waals surface area contributed by atoms with Gasteiger partial charge in [0.25, 0.3) is 0 Å². The quantitative estimate of drug-likeness (QED) is 0.337. The summed E-state index contributed by atoms with van der Waals surface area (Å²) in [5, 5.41) is 9.28. The Bertz CT molecular complexity index is 1270. The van der Waals surface area contributed by atoms with E-state index in [-0.39, 0.29) is 18.2 Å². The molecule has 2 aliphatic heterocycles.